The molecule has 0 unspecified atom stereocenters. The maximum atomic E-state index is 13.0. The standard InChI is InChI=1S/C19H22FIN2O.C7H8O3S/c1-3-23(4-2)19(24)22-14-13-15-7-5-6-8-18(15)21-17-11-9-16(20)10-12-17;1-6-2-4-7(5-3-6)11(8,9)10/h5-12H,3-4,13-14H2,1-2H3;2-5H,1H3,(H,8,9,10). The topological polar surface area (TPSA) is 89.5 Å². The van der Waals surface area contributed by atoms with Crippen molar-refractivity contribution in [3.8, 4) is 0 Å². The molecule has 0 aromatic heterocycles. The molecule has 0 heterocycles. The van der Waals surface area contributed by atoms with Crippen molar-refractivity contribution < 1.29 is 43.4 Å². The lowest BCUT2D eigenvalue weighted by molar-refractivity contribution is -0.598. The van der Waals surface area contributed by atoms with E-state index in [4.69, 9.17) is 0 Å². The molecule has 3 aromatic rings. The van der Waals surface area contributed by atoms with Gasteiger partial charge in [0.15, 0.2) is 7.14 Å². The number of benzene rings is 3. The van der Waals surface area contributed by atoms with Gasteiger partial charge < -0.3 is 14.8 Å². The van der Waals surface area contributed by atoms with Gasteiger partial charge in [-0.1, -0.05) is 35.9 Å². The Kier molecular flexibility index (Phi) is 11.6. The van der Waals surface area contributed by atoms with E-state index in [-0.39, 0.29) is 37.9 Å². The number of hydrogen-bond donors (Lipinski definition) is 1. The minimum absolute atomic E-state index is 0.00860. The summed E-state index contributed by atoms with van der Waals surface area (Å²) in [5.41, 5.74) is 2.19. The lowest BCUT2D eigenvalue weighted by Crippen LogP contribution is -3.61. The lowest BCUT2D eigenvalue weighted by Gasteiger charge is -2.19. The summed E-state index contributed by atoms with van der Waals surface area (Å²) in [4.78, 5) is 13.6. The third-order valence-electron chi connectivity index (χ3n) is 5.00. The zero-order valence-electron chi connectivity index (χ0n) is 20.0. The van der Waals surface area contributed by atoms with Crippen LogP contribution in [0.25, 0.3) is 0 Å². The first-order valence-electron chi connectivity index (χ1n) is 11.2. The average molecular weight is 613 g/mol. The molecule has 0 aliphatic carbocycles. The van der Waals surface area contributed by atoms with Crippen LogP contribution < -0.4 is 26.5 Å². The number of halogens is 2. The number of nitrogens with one attached hydrogen (secondary N) is 1. The van der Waals surface area contributed by atoms with E-state index in [0.29, 0.717) is 6.54 Å². The highest BCUT2D eigenvalue weighted by Gasteiger charge is 2.19. The number of rotatable bonds is 8. The SMILES string of the molecule is CCN(CC)C(=O)NCCc1ccccc1[I+]c1ccc(F)cc1.Cc1ccc(S(=O)(=O)[O-])cc1. The first kappa shape index (κ1) is 28.7. The summed E-state index contributed by atoms with van der Waals surface area (Å²) in [6.45, 7) is 7.83. The van der Waals surface area contributed by atoms with Crippen LogP contribution in [0.2, 0.25) is 0 Å². The van der Waals surface area contributed by atoms with Gasteiger partial charge in [0, 0.05) is 25.2 Å². The van der Waals surface area contributed by atoms with Crippen LogP contribution in [-0.4, -0.2) is 43.5 Å². The Labute approximate surface area is 217 Å². The Morgan fingerprint density at radius 1 is 0.971 bits per heavy atom. The van der Waals surface area contributed by atoms with Gasteiger partial charge in [-0.15, -0.1) is 0 Å². The number of hydrogen-bond acceptors (Lipinski definition) is 4. The quantitative estimate of drug-likeness (QED) is 0.308. The van der Waals surface area contributed by atoms with Crippen molar-refractivity contribution >= 4 is 16.1 Å². The first-order valence-corrected chi connectivity index (χ1v) is 14.7. The van der Waals surface area contributed by atoms with Crippen LogP contribution in [0.1, 0.15) is 25.0 Å². The molecule has 0 radical (unpaired) electrons. The van der Waals surface area contributed by atoms with E-state index in [0.717, 1.165) is 25.1 Å². The largest absolute Gasteiger partial charge is 0.744 e. The van der Waals surface area contributed by atoms with Gasteiger partial charge in [-0.25, -0.2) is 17.6 Å². The van der Waals surface area contributed by atoms with E-state index < -0.39 is 10.1 Å². The average Bonchev–Trinajstić information content (AvgIpc) is 2.82. The van der Waals surface area contributed by atoms with Crippen LogP contribution in [0.3, 0.4) is 0 Å². The van der Waals surface area contributed by atoms with Gasteiger partial charge in [-0.3, -0.25) is 0 Å². The highest BCUT2D eigenvalue weighted by atomic mass is 127. The molecule has 0 atom stereocenters. The first-order chi connectivity index (χ1) is 16.6. The molecule has 35 heavy (non-hydrogen) atoms. The molecule has 9 heteroatoms. The van der Waals surface area contributed by atoms with Crippen molar-refractivity contribution in [2.45, 2.75) is 32.1 Å². The van der Waals surface area contributed by atoms with Gasteiger partial charge in [0.2, 0.25) is 0 Å². The number of amides is 2. The van der Waals surface area contributed by atoms with E-state index in [1.807, 2.05) is 45.0 Å². The third-order valence-corrected chi connectivity index (χ3v) is 8.83. The maximum absolute atomic E-state index is 13.0. The normalized spacial score (nSPS) is 10.8. The fourth-order valence-electron chi connectivity index (χ4n) is 3.04. The van der Waals surface area contributed by atoms with E-state index >= 15 is 0 Å². The molecule has 2 amide bonds. The molecule has 0 aliphatic heterocycles. The summed E-state index contributed by atoms with van der Waals surface area (Å²) in [5.74, 6) is -0.199. The van der Waals surface area contributed by atoms with E-state index in [1.165, 1.54) is 37.0 Å². The Hall–Kier alpha value is -2.50. The molecule has 0 aliphatic rings. The predicted octanol–water partition coefficient (Wildman–Crippen LogP) is 1.45. The molecule has 1 N–H and O–H groups in total. The molecule has 0 bridgehead atoms. The van der Waals surface area contributed by atoms with Crippen LogP contribution in [0, 0.1) is 19.9 Å². The van der Waals surface area contributed by atoms with Gasteiger partial charge in [0.1, 0.15) is 15.9 Å². The van der Waals surface area contributed by atoms with Crippen molar-refractivity contribution in [1.82, 2.24) is 10.2 Å². The maximum Gasteiger partial charge on any atom is 0.358 e. The molecular weight excluding hydrogens is 582 g/mol. The predicted molar refractivity (Wildman–Crippen MR) is 129 cm³/mol. The lowest BCUT2D eigenvalue weighted by atomic mass is 10.1. The molecule has 188 valence electrons. The van der Waals surface area contributed by atoms with Gasteiger partial charge in [0.05, 0.1) is 4.90 Å². The van der Waals surface area contributed by atoms with Gasteiger partial charge in [-0.2, -0.15) is 0 Å². The second kappa shape index (κ2) is 14.2. The van der Waals surface area contributed by atoms with Crippen molar-refractivity contribution in [3.05, 3.63) is 96.9 Å². The molecule has 6 nitrogen and oxygen atoms in total. The van der Waals surface area contributed by atoms with Crippen LogP contribution in [-0.2, 0) is 16.5 Å². The summed E-state index contributed by atoms with van der Waals surface area (Å²) < 4.78 is 46.7. The molecule has 0 saturated heterocycles. The van der Waals surface area contributed by atoms with Crippen LogP contribution in [0.5, 0.6) is 0 Å². The molecular formula is C26H30FIN2O4S. The number of urea groups is 1. The van der Waals surface area contributed by atoms with E-state index in [9.17, 15) is 22.2 Å². The van der Waals surface area contributed by atoms with E-state index in [1.54, 1.807) is 17.0 Å². The second-order valence-corrected chi connectivity index (χ2v) is 11.9. The van der Waals surface area contributed by atoms with Crippen molar-refractivity contribution in [2.24, 2.45) is 0 Å². The fraction of sp³-hybridized carbons (Fsp3) is 0.269. The Morgan fingerprint density at radius 2 is 1.57 bits per heavy atom. The summed E-state index contributed by atoms with van der Waals surface area (Å²) in [6.07, 6.45) is 0.810. The van der Waals surface area contributed by atoms with Gasteiger partial charge in [0.25, 0.3) is 0 Å². The monoisotopic (exact) mass is 612 g/mol. The molecule has 0 saturated carbocycles. The molecule has 3 rings (SSSR count). The zero-order chi connectivity index (χ0) is 25.8. The zero-order valence-corrected chi connectivity index (χ0v) is 23.0. The molecule has 0 fully saturated rings. The van der Waals surface area contributed by atoms with Gasteiger partial charge in [-0.05, 0) is 69.7 Å². The highest BCUT2D eigenvalue weighted by Crippen LogP contribution is 2.08. The minimum atomic E-state index is -4.27. The van der Waals surface area contributed by atoms with Crippen LogP contribution in [0.4, 0.5) is 9.18 Å². The van der Waals surface area contributed by atoms with Crippen molar-refractivity contribution in [1.29, 1.82) is 0 Å². The van der Waals surface area contributed by atoms with E-state index in [2.05, 4.69) is 17.4 Å². The Morgan fingerprint density at radius 3 is 2.14 bits per heavy atom. The summed E-state index contributed by atoms with van der Waals surface area (Å²) in [5, 5.41) is 2.98. The summed E-state index contributed by atoms with van der Waals surface area (Å²) in [6, 6.07) is 20.8. The minimum Gasteiger partial charge on any atom is -0.744 e. The van der Waals surface area contributed by atoms with Crippen molar-refractivity contribution in [2.75, 3.05) is 19.6 Å². The smallest absolute Gasteiger partial charge is 0.358 e. The van der Waals surface area contributed by atoms with Crippen LogP contribution >= 0.6 is 0 Å². The number of nitrogens with zero attached hydrogens (tertiary/aromatic N) is 1. The third kappa shape index (κ3) is 9.95. The number of carbonyl (C=O) groups is 1. The highest BCUT2D eigenvalue weighted by molar-refractivity contribution is 7.85. The summed E-state index contributed by atoms with van der Waals surface area (Å²) >= 11 is -0.348. The summed E-state index contributed by atoms with van der Waals surface area (Å²) in [7, 11) is -4.27. The molecule has 3 aromatic carbocycles. The number of carbonyl (C=O) groups excluding carboxylic acids is 1. The Balaban J connectivity index is 0.000000328. The van der Waals surface area contributed by atoms with Gasteiger partial charge >= 0.3 is 27.2 Å². The van der Waals surface area contributed by atoms with Crippen LogP contribution in [0.15, 0.2) is 77.7 Å². The van der Waals surface area contributed by atoms with Crippen molar-refractivity contribution in [3.63, 3.8) is 0 Å². The fourth-order valence-corrected chi connectivity index (χ4v) is 6.08. The Bertz CT molecular complexity index is 1180. The molecule has 0 spiro atoms. The number of aryl methyl sites for hydroxylation is 1. The second-order valence-electron chi connectivity index (χ2n) is 7.54.